The van der Waals surface area contributed by atoms with Gasteiger partial charge in [0, 0.05) is 24.5 Å². The van der Waals surface area contributed by atoms with Crippen LogP contribution in [-0.4, -0.2) is 34.2 Å². The van der Waals surface area contributed by atoms with Gasteiger partial charge in [0.15, 0.2) is 16.6 Å². The summed E-state index contributed by atoms with van der Waals surface area (Å²) in [6.07, 6.45) is 6.80. The van der Waals surface area contributed by atoms with Gasteiger partial charge in [0.1, 0.15) is 0 Å². The maximum atomic E-state index is 12.6. The lowest BCUT2D eigenvalue weighted by atomic mass is 9.97. The molecule has 1 fully saturated rings. The number of hydrogen-bond acceptors (Lipinski definition) is 5. The third-order valence-electron chi connectivity index (χ3n) is 4.69. The van der Waals surface area contributed by atoms with E-state index >= 15 is 0 Å². The molecule has 1 N–H and O–H groups in total. The van der Waals surface area contributed by atoms with E-state index in [-0.39, 0.29) is 18.7 Å². The van der Waals surface area contributed by atoms with Gasteiger partial charge in [-0.3, -0.25) is 15.1 Å². The first-order chi connectivity index (χ1) is 12.7. The van der Waals surface area contributed by atoms with Crippen molar-refractivity contribution in [3.8, 4) is 11.5 Å². The highest BCUT2D eigenvalue weighted by Gasteiger charge is 2.27. The van der Waals surface area contributed by atoms with E-state index in [9.17, 15) is 4.79 Å². The SMILES string of the molecule is O=C(NC(=S)N1CCCCC1c1cccnc1)c1ccc2c(c1)OCO2. The van der Waals surface area contributed by atoms with Crippen molar-refractivity contribution in [2.24, 2.45) is 0 Å². The average molecular weight is 369 g/mol. The number of likely N-dealkylation sites (tertiary alicyclic amines) is 1. The molecule has 0 saturated carbocycles. The summed E-state index contributed by atoms with van der Waals surface area (Å²) in [6, 6.07) is 9.24. The second-order valence-electron chi connectivity index (χ2n) is 6.32. The fraction of sp³-hybridized carbons (Fsp3) is 0.316. The summed E-state index contributed by atoms with van der Waals surface area (Å²) >= 11 is 5.54. The highest BCUT2D eigenvalue weighted by molar-refractivity contribution is 7.80. The largest absolute Gasteiger partial charge is 0.454 e. The highest BCUT2D eigenvalue weighted by Crippen LogP contribution is 2.33. The quantitative estimate of drug-likeness (QED) is 0.821. The Morgan fingerprint density at radius 3 is 2.96 bits per heavy atom. The van der Waals surface area contributed by atoms with Gasteiger partial charge in [0.25, 0.3) is 5.91 Å². The predicted octanol–water partition coefficient (Wildman–Crippen LogP) is 3.05. The normalized spacial score (nSPS) is 18.5. The lowest BCUT2D eigenvalue weighted by molar-refractivity contribution is 0.0969. The molecule has 1 unspecified atom stereocenters. The van der Waals surface area contributed by atoms with Crippen LogP contribution in [0.15, 0.2) is 42.7 Å². The van der Waals surface area contributed by atoms with Crippen molar-refractivity contribution in [1.29, 1.82) is 0 Å². The summed E-state index contributed by atoms with van der Waals surface area (Å²) in [5.74, 6) is 0.982. The number of carbonyl (C=O) groups excluding carboxylic acids is 1. The number of fused-ring (bicyclic) bond motifs is 1. The number of nitrogens with zero attached hydrogens (tertiary/aromatic N) is 2. The van der Waals surface area contributed by atoms with Crippen LogP contribution >= 0.6 is 12.2 Å². The van der Waals surface area contributed by atoms with Crippen molar-refractivity contribution in [3.63, 3.8) is 0 Å². The van der Waals surface area contributed by atoms with Gasteiger partial charge in [-0.1, -0.05) is 6.07 Å². The van der Waals surface area contributed by atoms with Crippen molar-refractivity contribution < 1.29 is 14.3 Å². The molecule has 0 aliphatic carbocycles. The lowest BCUT2D eigenvalue weighted by Crippen LogP contribution is -2.46. The summed E-state index contributed by atoms with van der Waals surface area (Å²) in [6.45, 7) is 0.999. The maximum Gasteiger partial charge on any atom is 0.257 e. The molecule has 3 heterocycles. The van der Waals surface area contributed by atoms with E-state index in [4.69, 9.17) is 21.7 Å². The number of carbonyl (C=O) groups is 1. The van der Waals surface area contributed by atoms with Crippen molar-refractivity contribution in [2.45, 2.75) is 25.3 Å². The predicted molar refractivity (Wildman–Crippen MR) is 100 cm³/mol. The van der Waals surface area contributed by atoms with Crippen LogP contribution in [0.4, 0.5) is 0 Å². The number of amides is 1. The Hall–Kier alpha value is -2.67. The van der Waals surface area contributed by atoms with E-state index < -0.39 is 0 Å². The number of thiocarbonyl (C=S) groups is 1. The molecule has 0 spiro atoms. The molecule has 0 bridgehead atoms. The van der Waals surface area contributed by atoms with Crippen LogP contribution in [0, 0.1) is 0 Å². The molecule has 1 aromatic heterocycles. The van der Waals surface area contributed by atoms with Crippen LogP contribution in [0.25, 0.3) is 0 Å². The third-order valence-corrected chi connectivity index (χ3v) is 5.02. The third kappa shape index (κ3) is 3.35. The van der Waals surface area contributed by atoms with Crippen LogP contribution in [0.5, 0.6) is 11.5 Å². The molecule has 2 aliphatic rings. The van der Waals surface area contributed by atoms with Crippen LogP contribution < -0.4 is 14.8 Å². The van der Waals surface area contributed by atoms with Gasteiger partial charge in [-0.15, -0.1) is 0 Å². The smallest absolute Gasteiger partial charge is 0.257 e. The number of nitrogens with one attached hydrogen (secondary N) is 1. The van der Waals surface area contributed by atoms with Gasteiger partial charge < -0.3 is 14.4 Å². The van der Waals surface area contributed by atoms with Crippen molar-refractivity contribution >= 4 is 23.2 Å². The molecular formula is C19H19N3O3S. The monoisotopic (exact) mass is 369 g/mol. The summed E-state index contributed by atoms with van der Waals surface area (Å²) in [5.41, 5.74) is 1.61. The van der Waals surface area contributed by atoms with E-state index in [2.05, 4.69) is 21.3 Å². The van der Waals surface area contributed by atoms with Gasteiger partial charge >= 0.3 is 0 Å². The van der Waals surface area contributed by atoms with Crippen LogP contribution in [0.1, 0.15) is 41.2 Å². The Balaban J connectivity index is 1.48. The first-order valence-electron chi connectivity index (χ1n) is 8.64. The van der Waals surface area contributed by atoms with E-state index in [0.717, 1.165) is 31.4 Å². The van der Waals surface area contributed by atoms with Gasteiger partial charge in [-0.2, -0.15) is 0 Å². The van der Waals surface area contributed by atoms with Crippen molar-refractivity contribution in [1.82, 2.24) is 15.2 Å². The second-order valence-corrected chi connectivity index (χ2v) is 6.71. The minimum absolute atomic E-state index is 0.141. The lowest BCUT2D eigenvalue weighted by Gasteiger charge is -2.37. The number of ether oxygens (including phenoxy) is 2. The highest BCUT2D eigenvalue weighted by atomic mass is 32.1. The number of piperidine rings is 1. The second kappa shape index (κ2) is 7.29. The Labute approximate surface area is 157 Å². The number of pyridine rings is 1. The molecule has 1 amide bonds. The van der Waals surface area contributed by atoms with E-state index in [1.165, 1.54) is 0 Å². The molecule has 6 nitrogen and oxygen atoms in total. The van der Waals surface area contributed by atoms with Crippen LogP contribution in [-0.2, 0) is 0 Å². The molecule has 7 heteroatoms. The summed E-state index contributed by atoms with van der Waals surface area (Å²) in [5, 5.41) is 3.30. The zero-order valence-corrected chi connectivity index (χ0v) is 15.0. The molecule has 1 atom stereocenters. The molecular weight excluding hydrogens is 350 g/mol. The fourth-order valence-corrected chi connectivity index (χ4v) is 3.68. The Kier molecular flexibility index (Phi) is 4.71. The van der Waals surface area contributed by atoms with Crippen molar-refractivity contribution in [3.05, 3.63) is 53.9 Å². The van der Waals surface area contributed by atoms with E-state index in [1.807, 2.05) is 12.3 Å². The minimum Gasteiger partial charge on any atom is -0.454 e. The van der Waals surface area contributed by atoms with Crippen molar-refractivity contribution in [2.75, 3.05) is 13.3 Å². The zero-order chi connectivity index (χ0) is 17.9. The molecule has 1 aromatic carbocycles. The Bertz CT molecular complexity index is 828. The molecule has 4 rings (SSSR count). The Morgan fingerprint density at radius 1 is 1.23 bits per heavy atom. The summed E-state index contributed by atoms with van der Waals surface area (Å²) in [4.78, 5) is 18.9. The van der Waals surface area contributed by atoms with Crippen LogP contribution in [0.3, 0.4) is 0 Å². The summed E-state index contributed by atoms with van der Waals surface area (Å²) < 4.78 is 10.6. The van der Waals surface area contributed by atoms with Gasteiger partial charge in [-0.05, 0) is 61.3 Å². The molecule has 134 valence electrons. The van der Waals surface area contributed by atoms with E-state index in [1.54, 1.807) is 24.4 Å². The standard InChI is InChI=1S/C19H19N3O3S/c23-18(13-6-7-16-17(10-13)25-12-24-16)21-19(26)22-9-2-1-5-15(22)14-4-3-8-20-11-14/h3-4,6-8,10-11,15H,1-2,5,9,12H2,(H,21,23,26). The number of rotatable bonds is 2. The topological polar surface area (TPSA) is 63.7 Å². The zero-order valence-electron chi connectivity index (χ0n) is 14.2. The van der Waals surface area contributed by atoms with Crippen LogP contribution in [0.2, 0.25) is 0 Å². The number of aromatic nitrogens is 1. The first-order valence-corrected chi connectivity index (χ1v) is 9.05. The number of benzene rings is 1. The average Bonchev–Trinajstić information content (AvgIpc) is 3.16. The van der Waals surface area contributed by atoms with Gasteiger partial charge in [0.2, 0.25) is 6.79 Å². The first kappa shape index (κ1) is 16.8. The van der Waals surface area contributed by atoms with Gasteiger partial charge in [-0.25, -0.2) is 0 Å². The molecule has 26 heavy (non-hydrogen) atoms. The Morgan fingerprint density at radius 2 is 2.12 bits per heavy atom. The minimum atomic E-state index is -0.246. The molecule has 2 aliphatic heterocycles. The summed E-state index contributed by atoms with van der Waals surface area (Å²) in [7, 11) is 0. The van der Waals surface area contributed by atoms with E-state index in [0.29, 0.717) is 22.2 Å². The molecule has 1 saturated heterocycles. The number of hydrogen-bond donors (Lipinski definition) is 1. The molecule has 2 aromatic rings. The molecule has 0 radical (unpaired) electrons. The fourth-order valence-electron chi connectivity index (χ4n) is 3.37. The van der Waals surface area contributed by atoms with Gasteiger partial charge in [0.05, 0.1) is 6.04 Å². The maximum absolute atomic E-state index is 12.6.